The Morgan fingerprint density at radius 1 is 1.35 bits per heavy atom. The molecule has 1 amide bonds. The van der Waals surface area contributed by atoms with E-state index in [4.69, 9.17) is 4.74 Å². The fourth-order valence-corrected chi connectivity index (χ4v) is 2.44. The molecule has 23 heavy (non-hydrogen) atoms. The topological polar surface area (TPSA) is 42.4 Å². The minimum atomic E-state index is -0.0528. The maximum atomic E-state index is 12.2. The number of carbonyl (C=O) groups is 1. The van der Waals surface area contributed by atoms with Crippen molar-refractivity contribution in [3.8, 4) is 5.75 Å². The molecular weight excluding hydrogens is 356 g/mol. The number of carbonyl (C=O) groups excluding carboxylic acids is 1. The summed E-state index contributed by atoms with van der Waals surface area (Å²) in [6.07, 6.45) is 5.82. The maximum absolute atomic E-state index is 12.2. The van der Waals surface area contributed by atoms with Crippen molar-refractivity contribution < 1.29 is 9.53 Å². The minimum Gasteiger partial charge on any atom is -0.496 e. The molecule has 0 aliphatic rings. The molecule has 1 aromatic heterocycles. The lowest BCUT2D eigenvalue weighted by molar-refractivity contribution is -0.124. The number of aromatic nitrogens is 1. The summed E-state index contributed by atoms with van der Waals surface area (Å²) >= 11 is 3.42. The van der Waals surface area contributed by atoms with Gasteiger partial charge in [-0.1, -0.05) is 22.0 Å². The van der Waals surface area contributed by atoms with Crippen LogP contribution in [-0.4, -0.2) is 36.5 Å². The van der Waals surface area contributed by atoms with Crippen molar-refractivity contribution in [1.29, 1.82) is 0 Å². The van der Waals surface area contributed by atoms with Gasteiger partial charge in [-0.2, -0.15) is 0 Å². The predicted octanol–water partition coefficient (Wildman–Crippen LogP) is 3.57. The van der Waals surface area contributed by atoms with Crippen LogP contribution in [0.25, 0.3) is 6.08 Å². The predicted molar refractivity (Wildman–Crippen MR) is 95.3 cm³/mol. The van der Waals surface area contributed by atoms with Crippen LogP contribution in [0, 0.1) is 0 Å². The van der Waals surface area contributed by atoms with E-state index < -0.39 is 0 Å². The quantitative estimate of drug-likeness (QED) is 0.725. The van der Waals surface area contributed by atoms with E-state index in [1.165, 1.54) is 0 Å². The molecule has 120 valence electrons. The fourth-order valence-electron chi connectivity index (χ4n) is 2.06. The highest BCUT2D eigenvalue weighted by Crippen LogP contribution is 2.24. The first kappa shape index (κ1) is 17.2. The zero-order chi connectivity index (χ0) is 16.7. The molecule has 0 radical (unpaired) electrons. The summed E-state index contributed by atoms with van der Waals surface area (Å²) in [5, 5.41) is 0. The fraction of sp³-hybridized carbons (Fsp3) is 0.222. The van der Waals surface area contributed by atoms with Crippen molar-refractivity contribution in [2.75, 3.05) is 20.7 Å². The van der Waals surface area contributed by atoms with Crippen molar-refractivity contribution in [2.24, 2.45) is 0 Å². The van der Waals surface area contributed by atoms with E-state index >= 15 is 0 Å². The van der Waals surface area contributed by atoms with Crippen LogP contribution in [0.15, 0.2) is 53.1 Å². The van der Waals surface area contributed by atoms with Crippen LogP contribution in [-0.2, 0) is 11.2 Å². The molecule has 0 aliphatic carbocycles. The van der Waals surface area contributed by atoms with E-state index in [0.29, 0.717) is 6.54 Å². The molecular formula is C18H19BrN2O2. The van der Waals surface area contributed by atoms with Gasteiger partial charge in [0.05, 0.1) is 7.11 Å². The third kappa shape index (κ3) is 5.21. The van der Waals surface area contributed by atoms with E-state index in [0.717, 1.165) is 27.9 Å². The van der Waals surface area contributed by atoms with E-state index in [-0.39, 0.29) is 5.91 Å². The number of hydrogen-bond acceptors (Lipinski definition) is 3. The smallest absolute Gasteiger partial charge is 0.246 e. The van der Waals surface area contributed by atoms with Gasteiger partial charge in [0, 0.05) is 48.0 Å². The standard InChI is InChI=1S/C18H19BrN2O2/c1-21(12-10-16-5-3-4-11-20-16)18(22)9-6-14-13-15(19)7-8-17(14)23-2/h3-9,11,13H,10,12H2,1-2H3/b9-6+. The lowest BCUT2D eigenvalue weighted by atomic mass is 10.2. The SMILES string of the molecule is COc1ccc(Br)cc1/C=C/C(=O)N(C)CCc1ccccn1. The van der Waals surface area contributed by atoms with Gasteiger partial charge in [0.25, 0.3) is 0 Å². The monoisotopic (exact) mass is 374 g/mol. The summed E-state index contributed by atoms with van der Waals surface area (Å²) in [6, 6.07) is 11.5. The molecule has 2 aromatic rings. The first-order chi connectivity index (χ1) is 11.1. The molecule has 5 heteroatoms. The number of rotatable bonds is 6. The van der Waals surface area contributed by atoms with Gasteiger partial charge >= 0.3 is 0 Å². The highest BCUT2D eigenvalue weighted by Gasteiger charge is 2.06. The summed E-state index contributed by atoms with van der Waals surface area (Å²) in [4.78, 5) is 18.1. The van der Waals surface area contributed by atoms with E-state index in [1.807, 2.05) is 36.4 Å². The van der Waals surface area contributed by atoms with E-state index in [2.05, 4.69) is 20.9 Å². The number of hydrogen-bond donors (Lipinski definition) is 0. The van der Waals surface area contributed by atoms with Crippen molar-refractivity contribution in [3.63, 3.8) is 0 Å². The molecule has 0 fully saturated rings. The van der Waals surface area contributed by atoms with Gasteiger partial charge in [0.1, 0.15) is 5.75 Å². The molecule has 4 nitrogen and oxygen atoms in total. The zero-order valence-electron chi connectivity index (χ0n) is 13.2. The summed E-state index contributed by atoms with van der Waals surface area (Å²) in [5.74, 6) is 0.677. The largest absolute Gasteiger partial charge is 0.496 e. The van der Waals surface area contributed by atoms with Crippen LogP contribution in [0.1, 0.15) is 11.3 Å². The van der Waals surface area contributed by atoms with E-state index in [1.54, 1.807) is 37.4 Å². The lowest BCUT2D eigenvalue weighted by Gasteiger charge is -2.14. The second-order valence-electron chi connectivity index (χ2n) is 5.05. The van der Waals surface area contributed by atoms with Gasteiger partial charge in [-0.3, -0.25) is 9.78 Å². The average Bonchev–Trinajstić information content (AvgIpc) is 2.58. The number of methoxy groups -OCH3 is 1. The molecule has 2 rings (SSSR count). The molecule has 0 bridgehead atoms. The Balaban J connectivity index is 1.96. The molecule has 0 saturated heterocycles. The Hall–Kier alpha value is -2.14. The summed E-state index contributed by atoms with van der Waals surface area (Å²) in [5.41, 5.74) is 1.83. The van der Waals surface area contributed by atoms with Crippen molar-refractivity contribution in [2.45, 2.75) is 6.42 Å². The molecule has 0 atom stereocenters. The zero-order valence-corrected chi connectivity index (χ0v) is 14.8. The van der Waals surface area contributed by atoms with Gasteiger partial charge in [-0.15, -0.1) is 0 Å². The third-order valence-corrected chi connectivity index (χ3v) is 3.90. The van der Waals surface area contributed by atoms with E-state index in [9.17, 15) is 4.79 Å². The molecule has 0 unspecified atom stereocenters. The Labute approximate surface area is 144 Å². The maximum Gasteiger partial charge on any atom is 0.246 e. The van der Waals surface area contributed by atoms with Gasteiger partial charge in [0.2, 0.25) is 5.91 Å². The number of likely N-dealkylation sites (N-methyl/N-ethyl adjacent to an activating group) is 1. The number of nitrogens with zero attached hydrogens (tertiary/aromatic N) is 2. The normalized spacial score (nSPS) is 10.7. The highest BCUT2D eigenvalue weighted by atomic mass is 79.9. The molecule has 0 aliphatic heterocycles. The molecule has 1 heterocycles. The molecule has 0 saturated carbocycles. The van der Waals surface area contributed by atoms with Gasteiger partial charge in [-0.25, -0.2) is 0 Å². The van der Waals surface area contributed by atoms with Crippen LogP contribution in [0.5, 0.6) is 5.75 Å². The Kier molecular flexibility index (Phi) is 6.35. The third-order valence-electron chi connectivity index (χ3n) is 3.40. The Bertz CT molecular complexity index is 687. The van der Waals surface area contributed by atoms with Crippen LogP contribution < -0.4 is 4.74 Å². The summed E-state index contributed by atoms with van der Waals surface area (Å²) in [7, 11) is 3.40. The van der Waals surface area contributed by atoms with Gasteiger partial charge in [-0.05, 0) is 36.4 Å². The molecule has 0 spiro atoms. The number of amides is 1. The summed E-state index contributed by atoms with van der Waals surface area (Å²) < 4.78 is 6.23. The average molecular weight is 375 g/mol. The summed E-state index contributed by atoms with van der Waals surface area (Å²) in [6.45, 7) is 0.621. The number of halogens is 1. The van der Waals surface area contributed by atoms with Crippen molar-refractivity contribution in [1.82, 2.24) is 9.88 Å². The van der Waals surface area contributed by atoms with Crippen LogP contribution in [0.2, 0.25) is 0 Å². The van der Waals surface area contributed by atoms with Crippen LogP contribution >= 0.6 is 15.9 Å². The Morgan fingerprint density at radius 2 is 2.17 bits per heavy atom. The molecule has 1 aromatic carbocycles. The number of ether oxygens (including phenoxy) is 1. The minimum absolute atomic E-state index is 0.0528. The van der Waals surface area contributed by atoms with Crippen LogP contribution in [0.3, 0.4) is 0 Å². The molecule has 0 N–H and O–H groups in total. The van der Waals surface area contributed by atoms with Crippen molar-refractivity contribution in [3.05, 3.63) is 64.4 Å². The van der Waals surface area contributed by atoms with Gasteiger partial charge in [0.15, 0.2) is 0 Å². The first-order valence-electron chi connectivity index (χ1n) is 7.27. The lowest BCUT2D eigenvalue weighted by Crippen LogP contribution is -2.27. The highest BCUT2D eigenvalue weighted by molar-refractivity contribution is 9.10. The van der Waals surface area contributed by atoms with Crippen LogP contribution in [0.4, 0.5) is 0 Å². The first-order valence-corrected chi connectivity index (χ1v) is 8.06. The van der Waals surface area contributed by atoms with Crippen molar-refractivity contribution >= 4 is 27.9 Å². The Morgan fingerprint density at radius 3 is 2.87 bits per heavy atom. The number of pyridine rings is 1. The number of benzene rings is 1. The second kappa shape index (κ2) is 8.48. The second-order valence-corrected chi connectivity index (χ2v) is 5.97. The van der Waals surface area contributed by atoms with Gasteiger partial charge < -0.3 is 9.64 Å².